The van der Waals surface area contributed by atoms with Gasteiger partial charge in [-0.2, -0.15) is 0 Å². The van der Waals surface area contributed by atoms with Crippen molar-refractivity contribution in [3.63, 3.8) is 0 Å². The van der Waals surface area contributed by atoms with Crippen LogP contribution < -0.4 is 15.6 Å². The van der Waals surface area contributed by atoms with Gasteiger partial charge in [0.2, 0.25) is 5.91 Å². The number of ketones is 1. The molecule has 0 spiro atoms. The summed E-state index contributed by atoms with van der Waals surface area (Å²) in [4.78, 5) is 64.8. The number of likely N-dealkylation sites (tertiary alicyclic amines) is 2. The third kappa shape index (κ3) is 8.57. The number of nitrogens with zero attached hydrogens (tertiary/aromatic N) is 6. The van der Waals surface area contributed by atoms with Crippen LogP contribution in [0.3, 0.4) is 0 Å². The molecule has 6 heterocycles. The number of hydrogen-bond acceptors (Lipinski definition) is 9. The van der Waals surface area contributed by atoms with Crippen molar-refractivity contribution in [1.29, 1.82) is 0 Å². The maximum absolute atomic E-state index is 15.5. The van der Waals surface area contributed by atoms with Crippen molar-refractivity contribution in [2.75, 3.05) is 45.8 Å². The molecule has 280 valence electrons. The molecule has 0 radical (unpaired) electrons. The minimum Gasteiger partial charge on any atom is -0.487 e. The van der Waals surface area contributed by atoms with Crippen LogP contribution in [0.1, 0.15) is 72.5 Å². The Morgan fingerprint density at radius 3 is 2.47 bits per heavy atom. The average molecular weight is 726 g/mol. The summed E-state index contributed by atoms with van der Waals surface area (Å²) >= 11 is 0. The van der Waals surface area contributed by atoms with Gasteiger partial charge in [0.1, 0.15) is 24.1 Å². The molecule has 4 aliphatic heterocycles. The van der Waals surface area contributed by atoms with Gasteiger partial charge in [-0.15, -0.1) is 0 Å². The first-order chi connectivity index (χ1) is 25.7. The second-order valence-electron chi connectivity index (χ2n) is 14.7. The van der Waals surface area contributed by atoms with Gasteiger partial charge in [-0.3, -0.25) is 34.6 Å². The van der Waals surface area contributed by atoms with E-state index in [-0.39, 0.29) is 30.2 Å². The van der Waals surface area contributed by atoms with Crippen LogP contribution in [-0.4, -0.2) is 112 Å². The maximum atomic E-state index is 15.5. The number of hydrogen-bond donors (Lipinski definition) is 1. The summed E-state index contributed by atoms with van der Waals surface area (Å²) in [5.41, 5.74) is 3.47. The number of amides is 3. The number of benzene rings is 1. The number of pyridine rings is 2. The van der Waals surface area contributed by atoms with E-state index in [1.165, 1.54) is 4.90 Å². The molecule has 13 heteroatoms. The van der Waals surface area contributed by atoms with Crippen LogP contribution in [0.2, 0.25) is 0 Å². The molecule has 53 heavy (non-hydrogen) atoms. The van der Waals surface area contributed by atoms with Gasteiger partial charge >= 0.3 is 6.03 Å². The lowest BCUT2D eigenvalue weighted by molar-refractivity contribution is -0.121. The van der Waals surface area contributed by atoms with E-state index in [1.807, 2.05) is 43.3 Å². The van der Waals surface area contributed by atoms with Crippen molar-refractivity contribution >= 4 is 23.4 Å². The van der Waals surface area contributed by atoms with Gasteiger partial charge in [-0.1, -0.05) is 19.4 Å². The molecule has 2 aromatic heterocycles. The van der Waals surface area contributed by atoms with E-state index in [0.717, 1.165) is 68.8 Å². The topological polar surface area (TPSA) is 129 Å². The van der Waals surface area contributed by atoms with Crippen molar-refractivity contribution in [3.8, 4) is 5.75 Å². The van der Waals surface area contributed by atoms with Crippen molar-refractivity contribution in [3.05, 3.63) is 93.7 Å². The molecular formula is C40H48FN7O5. The van der Waals surface area contributed by atoms with E-state index in [2.05, 4.69) is 20.1 Å². The number of ether oxygens (including phenoxy) is 1. The number of carbonyl (C=O) groups is 3. The van der Waals surface area contributed by atoms with E-state index in [4.69, 9.17) is 9.73 Å². The van der Waals surface area contributed by atoms with E-state index < -0.39 is 24.3 Å². The van der Waals surface area contributed by atoms with Crippen LogP contribution >= 0.6 is 0 Å². The van der Waals surface area contributed by atoms with E-state index >= 15 is 4.39 Å². The minimum absolute atomic E-state index is 0.0160. The van der Waals surface area contributed by atoms with Crippen LogP contribution in [0.25, 0.3) is 0 Å². The Labute approximate surface area is 309 Å². The number of halogens is 1. The highest BCUT2D eigenvalue weighted by Gasteiger charge is 2.33. The summed E-state index contributed by atoms with van der Waals surface area (Å²) in [5.74, 6) is 0.838. The molecule has 3 amide bonds. The summed E-state index contributed by atoms with van der Waals surface area (Å²) in [6, 6.07) is 12.1. The fourth-order valence-corrected chi connectivity index (χ4v) is 7.92. The van der Waals surface area contributed by atoms with Crippen molar-refractivity contribution in [2.45, 2.75) is 76.9 Å². The number of piperidine rings is 2. The fourth-order valence-electron chi connectivity index (χ4n) is 7.92. The number of fused-ring (bicyclic) bond motifs is 1. The third-order valence-corrected chi connectivity index (χ3v) is 11.0. The summed E-state index contributed by atoms with van der Waals surface area (Å²) in [6.07, 6.45) is 7.93. The molecule has 3 saturated heterocycles. The van der Waals surface area contributed by atoms with Gasteiger partial charge in [0.15, 0.2) is 5.78 Å². The number of Topliss-reactive ketones (excluding diaryl/α,β-unsaturated/α-hetero) is 1. The Hall–Kier alpha value is -4.75. The standard InChI is InChI=1S/C40H48FN7O5/c1-2-4-34-38(50)32-23-42-15-10-31(32)37(43-34)28-6-8-30(9-7-28)53-35-13-19-46(26-33(35)41)24-27-11-17-45(18-12-27)21-22-47-16-3-5-29(39(47)51)25-48-20-14-36(49)44-40(48)52/h3,5-10,15-16,23,27,33-35H,2,4,11-14,17-22,24-26H2,1H3,(H,44,49,52)/t33-,34?,35-/m0/s1. The number of carbonyl (C=O) groups excluding carboxylic acids is 3. The maximum Gasteiger partial charge on any atom is 0.324 e. The summed E-state index contributed by atoms with van der Waals surface area (Å²) < 4.78 is 23.3. The first-order valence-electron chi connectivity index (χ1n) is 18.9. The zero-order valence-electron chi connectivity index (χ0n) is 30.3. The molecule has 12 nitrogen and oxygen atoms in total. The van der Waals surface area contributed by atoms with Gasteiger partial charge in [-0.25, -0.2) is 9.18 Å². The number of rotatable bonds is 12. The lowest BCUT2D eigenvalue weighted by atomic mass is 9.89. The first-order valence-corrected chi connectivity index (χ1v) is 18.9. The van der Waals surface area contributed by atoms with Crippen LogP contribution in [-0.2, 0) is 17.9 Å². The van der Waals surface area contributed by atoms with Gasteiger partial charge in [-0.05, 0) is 81.1 Å². The zero-order chi connectivity index (χ0) is 36.9. The Bertz CT molecular complexity index is 1890. The molecule has 3 atom stereocenters. The number of urea groups is 1. The molecule has 3 aromatic rings. The second-order valence-corrected chi connectivity index (χ2v) is 14.7. The van der Waals surface area contributed by atoms with Gasteiger partial charge in [0.25, 0.3) is 5.56 Å². The highest BCUT2D eigenvalue weighted by Crippen LogP contribution is 2.28. The number of aliphatic imine (C=N–C) groups is 1. The van der Waals surface area contributed by atoms with E-state index in [9.17, 15) is 19.2 Å². The van der Waals surface area contributed by atoms with Gasteiger partial charge in [0.05, 0.1) is 12.3 Å². The van der Waals surface area contributed by atoms with E-state index in [0.29, 0.717) is 55.3 Å². The molecule has 7 rings (SSSR count). The average Bonchev–Trinajstić information content (AvgIpc) is 3.16. The number of imide groups is 1. The predicted octanol–water partition coefficient (Wildman–Crippen LogP) is 4.09. The molecule has 1 aromatic carbocycles. The van der Waals surface area contributed by atoms with Crippen molar-refractivity contribution < 1.29 is 23.5 Å². The molecular weight excluding hydrogens is 677 g/mol. The molecule has 0 bridgehead atoms. The van der Waals surface area contributed by atoms with Gasteiger partial charge in [0, 0.05) is 86.5 Å². The number of nitrogens with one attached hydrogen (secondary N) is 1. The largest absolute Gasteiger partial charge is 0.487 e. The molecule has 0 saturated carbocycles. The Kier molecular flexibility index (Phi) is 11.4. The molecule has 1 N–H and O–H groups in total. The second kappa shape index (κ2) is 16.5. The predicted molar refractivity (Wildman–Crippen MR) is 198 cm³/mol. The summed E-state index contributed by atoms with van der Waals surface area (Å²) in [5, 5.41) is 2.30. The lowest BCUT2D eigenvalue weighted by Gasteiger charge is -2.39. The highest BCUT2D eigenvalue weighted by atomic mass is 19.1. The SMILES string of the molecule is CCCC1N=C(c2ccc(O[C@H]3CCN(CC4CCN(CCn5cccc(CN6CCC(=O)NC6=O)c5=O)CC4)C[C@@H]3F)cc2)c2ccncc2C1=O. The molecule has 0 aliphatic carbocycles. The smallest absolute Gasteiger partial charge is 0.324 e. The first kappa shape index (κ1) is 36.6. The van der Waals surface area contributed by atoms with E-state index in [1.54, 1.807) is 29.2 Å². The Morgan fingerprint density at radius 1 is 0.925 bits per heavy atom. The fraction of sp³-hybridized carbons (Fsp3) is 0.500. The molecule has 1 unspecified atom stereocenters. The van der Waals surface area contributed by atoms with Gasteiger partial charge < -0.3 is 19.1 Å². The molecule has 4 aliphatic rings. The monoisotopic (exact) mass is 725 g/mol. The highest BCUT2D eigenvalue weighted by molar-refractivity contribution is 6.22. The van der Waals surface area contributed by atoms with Crippen LogP contribution in [0.5, 0.6) is 5.75 Å². The number of alkyl halides is 1. The zero-order valence-corrected chi connectivity index (χ0v) is 30.3. The van der Waals surface area contributed by atoms with Crippen LogP contribution in [0.4, 0.5) is 9.18 Å². The Morgan fingerprint density at radius 2 is 1.72 bits per heavy atom. The minimum atomic E-state index is -1.09. The van der Waals surface area contributed by atoms with Crippen LogP contribution in [0.15, 0.2) is 70.8 Å². The van der Waals surface area contributed by atoms with Crippen molar-refractivity contribution in [2.24, 2.45) is 10.9 Å². The number of aromatic nitrogens is 2. The quantitative estimate of drug-likeness (QED) is 0.296. The lowest BCUT2D eigenvalue weighted by Crippen LogP contribution is -2.49. The normalized spacial score (nSPS) is 23.1. The third-order valence-electron chi connectivity index (χ3n) is 11.0. The molecule has 3 fully saturated rings. The van der Waals surface area contributed by atoms with Crippen molar-refractivity contribution in [1.82, 2.24) is 29.6 Å². The summed E-state index contributed by atoms with van der Waals surface area (Å²) in [7, 11) is 0. The van der Waals surface area contributed by atoms with Crippen LogP contribution in [0, 0.1) is 5.92 Å². The Balaban J connectivity index is 0.852. The summed E-state index contributed by atoms with van der Waals surface area (Å²) in [6.45, 7) is 7.70.